The van der Waals surface area contributed by atoms with Crippen LogP contribution in [0.2, 0.25) is 0 Å². The topological polar surface area (TPSA) is 189 Å². The van der Waals surface area contributed by atoms with E-state index in [4.69, 9.17) is 23.4 Å². The largest absolute Gasteiger partial charge is 0.462 e. The molecule has 0 unspecified atom stereocenters. The molecule has 176 valence electrons. The Morgan fingerprint density at radius 3 is 2.50 bits per heavy atom. The molecule has 2 saturated heterocycles. The van der Waals surface area contributed by atoms with E-state index >= 15 is 0 Å². The first-order valence-corrected chi connectivity index (χ1v) is 9.86. The van der Waals surface area contributed by atoms with Gasteiger partial charge in [-0.15, -0.1) is 0 Å². The van der Waals surface area contributed by atoms with Crippen molar-refractivity contribution in [2.45, 2.75) is 48.7 Å². The van der Waals surface area contributed by atoms with E-state index in [0.29, 0.717) is 5.39 Å². The first-order valence-electron chi connectivity index (χ1n) is 9.86. The SMILES string of the molecule is O=c1ccc2ccc(O[C@H]3O[C@@H](CO[C@H]4OC[C@](O)(CO)[C@H]4O)[C@H](O)[C@H](O)[C@@H]3O)cc2o1. The molecule has 2 aliphatic rings. The number of hydrogen-bond donors (Lipinski definition) is 6. The van der Waals surface area contributed by atoms with Gasteiger partial charge in [-0.2, -0.15) is 0 Å². The number of aliphatic hydroxyl groups excluding tert-OH is 5. The van der Waals surface area contributed by atoms with Crippen LogP contribution in [0.3, 0.4) is 0 Å². The zero-order valence-corrected chi connectivity index (χ0v) is 16.7. The fraction of sp³-hybridized carbons (Fsp3) is 0.550. The second-order valence-electron chi connectivity index (χ2n) is 7.81. The Labute approximate surface area is 180 Å². The zero-order chi connectivity index (χ0) is 23.0. The van der Waals surface area contributed by atoms with E-state index in [2.05, 4.69) is 0 Å². The molecule has 1 aromatic heterocycles. The second kappa shape index (κ2) is 9.02. The Balaban J connectivity index is 1.44. The van der Waals surface area contributed by atoms with Gasteiger partial charge in [0.25, 0.3) is 0 Å². The predicted molar refractivity (Wildman–Crippen MR) is 104 cm³/mol. The van der Waals surface area contributed by atoms with Crippen molar-refractivity contribution >= 4 is 11.0 Å². The lowest BCUT2D eigenvalue weighted by atomic mass is 9.99. The molecule has 0 aliphatic carbocycles. The average Bonchev–Trinajstić information content (AvgIpc) is 3.07. The minimum absolute atomic E-state index is 0.168. The predicted octanol–water partition coefficient (Wildman–Crippen LogP) is -2.56. The number of hydrogen-bond acceptors (Lipinski definition) is 12. The molecule has 0 amide bonds. The quantitative estimate of drug-likeness (QED) is 0.250. The highest BCUT2D eigenvalue weighted by Crippen LogP contribution is 2.29. The molecular formula is C20H24O12. The van der Waals surface area contributed by atoms with Crippen LogP contribution in [0, 0.1) is 0 Å². The Bertz CT molecular complexity index is 994. The molecule has 2 fully saturated rings. The fourth-order valence-electron chi connectivity index (χ4n) is 3.52. The van der Waals surface area contributed by atoms with Gasteiger partial charge in [0.05, 0.1) is 19.8 Å². The van der Waals surface area contributed by atoms with Gasteiger partial charge in [0, 0.05) is 17.5 Å². The third-order valence-electron chi connectivity index (χ3n) is 5.52. The van der Waals surface area contributed by atoms with Crippen LogP contribution in [0.4, 0.5) is 0 Å². The van der Waals surface area contributed by atoms with Crippen molar-refractivity contribution in [3.05, 3.63) is 40.8 Å². The summed E-state index contributed by atoms with van der Waals surface area (Å²) in [5.41, 5.74) is -2.20. The van der Waals surface area contributed by atoms with Crippen LogP contribution >= 0.6 is 0 Å². The van der Waals surface area contributed by atoms with Crippen LogP contribution in [0.15, 0.2) is 39.5 Å². The van der Waals surface area contributed by atoms with Crippen molar-refractivity contribution in [2.75, 3.05) is 19.8 Å². The van der Waals surface area contributed by atoms with E-state index < -0.39 is 67.5 Å². The van der Waals surface area contributed by atoms with Gasteiger partial charge in [0.15, 0.2) is 6.29 Å². The van der Waals surface area contributed by atoms with Crippen molar-refractivity contribution < 1.29 is 54.0 Å². The highest BCUT2D eigenvalue weighted by molar-refractivity contribution is 5.77. The monoisotopic (exact) mass is 456 g/mol. The smallest absolute Gasteiger partial charge is 0.336 e. The van der Waals surface area contributed by atoms with Gasteiger partial charge in [-0.1, -0.05) is 0 Å². The lowest BCUT2D eigenvalue weighted by Crippen LogP contribution is -2.60. The Kier molecular flexibility index (Phi) is 6.49. The second-order valence-corrected chi connectivity index (χ2v) is 7.81. The van der Waals surface area contributed by atoms with Gasteiger partial charge in [0.1, 0.15) is 47.5 Å². The molecule has 8 atom stereocenters. The molecule has 0 spiro atoms. The molecule has 0 radical (unpaired) electrons. The van der Waals surface area contributed by atoms with Crippen LogP contribution < -0.4 is 10.4 Å². The minimum atomic E-state index is -1.89. The van der Waals surface area contributed by atoms with Gasteiger partial charge < -0.3 is 54.0 Å². The average molecular weight is 456 g/mol. The molecule has 0 saturated carbocycles. The van der Waals surface area contributed by atoms with Crippen LogP contribution in [-0.4, -0.2) is 99.2 Å². The summed E-state index contributed by atoms with van der Waals surface area (Å²) in [7, 11) is 0. The first-order chi connectivity index (χ1) is 15.2. The molecule has 2 aliphatic heterocycles. The van der Waals surface area contributed by atoms with E-state index in [-0.39, 0.29) is 17.9 Å². The van der Waals surface area contributed by atoms with Gasteiger partial charge >= 0.3 is 5.63 Å². The molecule has 0 bridgehead atoms. The Morgan fingerprint density at radius 1 is 1.03 bits per heavy atom. The first kappa shape index (κ1) is 23.0. The van der Waals surface area contributed by atoms with E-state index in [1.807, 2.05) is 0 Å². The highest BCUT2D eigenvalue weighted by atomic mass is 16.7. The number of ether oxygens (including phenoxy) is 4. The van der Waals surface area contributed by atoms with E-state index in [1.165, 1.54) is 12.1 Å². The maximum Gasteiger partial charge on any atom is 0.336 e. The van der Waals surface area contributed by atoms with Crippen LogP contribution in [0.25, 0.3) is 11.0 Å². The Hall–Kier alpha value is -2.13. The van der Waals surface area contributed by atoms with Gasteiger partial charge in [-0.05, 0) is 18.2 Å². The van der Waals surface area contributed by atoms with Crippen molar-refractivity contribution in [2.24, 2.45) is 0 Å². The molecule has 4 rings (SSSR count). The van der Waals surface area contributed by atoms with E-state index in [9.17, 15) is 35.4 Å². The van der Waals surface area contributed by atoms with Gasteiger partial charge in [-0.25, -0.2) is 4.79 Å². The van der Waals surface area contributed by atoms with Crippen molar-refractivity contribution in [3.8, 4) is 5.75 Å². The fourth-order valence-corrected chi connectivity index (χ4v) is 3.52. The molecule has 12 nitrogen and oxygen atoms in total. The van der Waals surface area contributed by atoms with Gasteiger partial charge in [0.2, 0.25) is 6.29 Å². The summed E-state index contributed by atoms with van der Waals surface area (Å²) in [6.07, 6.45) is -10.3. The summed E-state index contributed by atoms with van der Waals surface area (Å²) in [6, 6.07) is 7.41. The normalized spacial score (nSPS) is 37.6. The highest BCUT2D eigenvalue weighted by Gasteiger charge is 2.50. The summed E-state index contributed by atoms with van der Waals surface area (Å²) >= 11 is 0. The standard InChI is InChI=1S/C20H24O12/c21-7-20(27)8-29-19(17(20)26)28-6-12-14(23)15(24)16(25)18(32-12)30-10-3-1-9-2-4-13(22)31-11(9)5-10/h1-5,12,14-19,21,23-27H,6-8H2/t12-,14-,15-,16-,17-,18-,19-,20+/m0/s1. The number of aliphatic hydroxyl groups is 6. The van der Waals surface area contributed by atoms with Crippen LogP contribution in [0.1, 0.15) is 0 Å². The van der Waals surface area contributed by atoms with Crippen molar-refractivity contribution in [1.29, 1.82) is 0 Å². The van der Waals surface area contributed by atoms with Gasteiger partial charge in [-0.3, -0.25) is 0 Å². The third-order valence-corrected chi connectivity index (χ3v) is 5.52. The van der Waals surface area contributed by atoms with Crippen LogP contribution in [-0.2, 0) is 14.2 Å². The summed E-state index contributed by atoms with van der Waals surface area (Å²) in [6.45, 7) is -1.52. The summed E-state index contributed by atoms with van der Waals surface area (Å²) in [5, 5.41) is 60.6. The van der Waals surface area contributed by atoms with E-state index in [1.54, 1.807) is 18.2 Å². The third kappa shape index (κ3) is 4.37. The summed E-state index contributed by atoms with van der Waals surface area (Å²) in [5.74, 6) is 0.168. The molecule has 2 aromatic rings. The van der Waals surface area contributed by atoms with Crippen molar-refractivity contribution in [3.63, 3.8) is 0 Å². The summed E-state index contributed by atoms with van der Waals surface area (Å²) < 4.78 is 26.7. The molecular weight excluding hydrogens is 432 g/mol. The Morgan fingerprint density at radius 2 is 1.78 bits per heavy atom. The lowest BCUT2D eigenvalue weighted by Gasteiger charge is -2.40. The van der Waals surface area contributed by atoms with E-state index in [0.717, 1.165) is 0 Å². The lowest BCUT2D eigenvalue weighted by molar-refractivity contribution is -0.289. The number of benzene rings is 1. The van der Waals surface area contributed by atoms with Crippen molar-refractivity contribution in [1.82, 2.24) is 0 Å². The van der Waals surface area contributed by atoms with Crippen LogP contribution in [0.5, 0.6) is 5.75 Å². The summed E-state index contributed by atoms with van der Waals surface area (Å²) in [4.78, 5) is 11.4. The molecule has 1 aromatic carbocycles. The number of rotatable bonds is 6. The maximum atomic E-state index is 11.4. The maximum absolute atomic E-state index is 11.4. The molecule has 32 heavy (non-hydrogen) atoms. The number of fused-ring (bicyclic) bond motifs is 1. The minimum Gasteiger partial charge on any atom is -0.462 e. The molecule has 3 heterocycles. The molecule has 6 N–H and O–H groups in total. The molecule has 12 heteroatoms. The zero-order valence-electron chi connectivity index (χ0n) is 16.7.